The molecule has 7 nitrogen and oxygen atoms in total. The van der Waals surface area contributed by atoms with Crippen molar-refractivity contribution >= 4 is 48.9 Å². The fourth-order valence-electron chi connectivity index (χ4n) is 1.26. The third-order valence-corrected chi connectivity index (χ3v) is 1.98. The van der Waals surface area contributed by atoms with Crippen molar-refractivity contribution < 1.29 is 8.33 Å². The molecule has 0 amide bonds. The van der Waals surface area contributed by atoms with E-state index in [1.165, 1.54) is 10.9 Å². The molecule has 0 aromatic carbocycles. The fourth-order valence-corrected chi connectivity index (χ4v) is 1.26. The number of aromatic nitrogens is 4. The van der Waals surface area contributed by atoms with Crippen molar-refractivity contribution in [1.82, 2.24) is 19.1 Å². The predicted molar refractivity (Wildman–Crippen MR) is 58.2 cm³/mol. The van der Waals surface area contributed by atoms with Crippen molar-refractivity contribution in [3.05, 3.63) is 27.2 Å². The molecule has 0 radical (unpaired) electrons. The smallest absolute Gasteiger partial charge is 1.00 e. The first kappa shape index (κ1) is 14.4. The number of hydrogen-bond donors (Lipinski definition) is 1. The Morgan fingerprint density at radius 2 is 2.00 bits per heavy atom. The maximum Gasteiger partial charge on any atom is 2.00 e. The van der Waals surface area contributed by atoms with Crippen LogP contribution in [0.3, 0.4) is 0 Å². The summed E-state index contributed by atoms with van der Waals surface area (Å²) in [4.78, 5) is 28.6. The standard InChI is InChI=1S/C7H8N4O2.Ca.H2O.2H/c1-10-3-8-5-4(10)6(12)9-7(13)11(5)2;;;;/h3H,1-2H3,(H,9,12,13);;1H2;;/q;+2;;2*-1. The SMILES string of the molecule is Cn1cnc2c1c(=O)[nH]c(=O)n2C.O.[Ca+2].[H-].[H-]. The zero-order valence-electron chi connectivity index (χ0n) is 10.4. The van der Waals surface area contributed by atoms with Crippen LogP contribution >= 0.6 is 0 Å². The molecule has 2 aromatic heterocycles. The predicted octanol–water partition coefficient (Wildman–Crippen LogP) is -2.02. The summed E-state index contributed by atoms with van der Waals surface area (Å²) in [6.45, 7) is 0. The Hall–Kier alpha value is -0.630. The van der Waals surface area contributed by atoms with Crippen LogP contribution in [0.15, 0.2) is 15.9 Å². The van der Waals surface area contributed by atoms with Gasteiger partial charge in [0.2, 0.25) is 0 Å². The normalized spacial score (nSPS) is 9.47. The topological polar surface area (TPSA) is 104 Å². The van der Waals surface area contributed by atoms with Crippen molar-refractivity contribution in [1.29, 1.82) is 0 Å². The number of rotatable bonds is 0. The number of nitrogens with zero attached hydrogens (tertiary/aromatic N) is 3. The monoisotopic (exact) mass is 240 g/mol. The Morgan fingerprint density at radius 3 is 2.60 bits per heavy atom. The van der Waals surface area contributed by atoms with Crippen LogP contribution < -0.4 is 11.2 Å². The first-order valence-electron chi connectivity index (χ1n) is 3.71. The van der Waals surface area contributed by atoms with Crippen LogP contribution in [0.5, 0.6) is 0 Å². The molecular formula is C7H12CaN4O3. The van der Waals surface area contributed by atoms with E-state index in [-0.39, 0.29) is 46.1 Å². The minimum atomic E-state index is -0.448. The van der Waals surface area contributed by atoms with Gasteiger partial charge in [0.25, 0.3) is 5.56 Å². The molecule has 80 valence electrons. The second-order valence-corrected chi connectivity index (χ2v) is 2.85. The van der Waals surface area contributed by atoms with Crippen LogP contribution in [-0.4, -0.2) is 62.3 Å². The summed E-state index contributed by atoms with van der Waals surface area (Å²) in [6, 6.07) is 0. The van der Waals surface area contributed by atoms with E-state index in [0.717, 1.165) is 0 Å². The molecule has 0 fully saturated rings. The van der Waals surface area contributed by atoms with E-state index in [1.54, 1.807) is 18.7 Å². The second kappa shape index (κ2) is 4.93. The van der Waals surface area contributed by atoms with E-state index in [9.17, 15) is 9.59 Å². The molecule has 2 rings (SSSR count). The van der Waals surface area contributed by atoms with Gasteiger partial charge in [0.05, 0.1) is 6.33 Å². The van der Waals surface area contributed by atoms with E-state index < -0.39 is 11.2 Å². The van der Waals surface area contributed by atoms with Gasteiger partial charge < -0.3 is 12.9 Å². The molecule has 0 saturated heterocycles. The Morgan fingerprint density at radius 1 is 1.40 bits per heavy atom. The number of aromatic amines is 1. The first-order chi connectivity index (χ1) is 6.11. The summed E-state index contributed by atoms with van der Waals surface area (Å²) in [5, 5.41) is 0. The molecule has 0 bridgehead atoms. The van der Waals surface area contributed by atoms with Crippen molar-refractivity contribution in [2.75, 3.05) is 0 Å². The third-order valence-electron chi connectivity index (χ3n) is 1.98. The zero-order valence-corrected chi connectivity index (χ0v) is 10.7. The molecule has 15 heavy (non-hydrogen) atoms. The van der Waals surface area contributed by atoms with Gasteiger partial charge in [0.1, 0.15) is 0 Å². The molecule has 0 aliphatic carbocycles. The van der Waals surface area contributed by atoms with Gasteiger partial charge in [-0.3, -0.25) is 14.3 Å². The number of H-pyrrole nitrogens is 1. The average molecular weight is 240 g/mol. The van der Waals surface area contributed by atoms with Crippen LogP contribution in [0.4, 0.5) is 0 Å². The summed E-state index contributed by atoms with van der Waals surface area (Å²) in [5.41, 5.74) is -0.0485. The fraction of sp³-hybridized carbons (Fsp3) is 0.286. The average Bonchev–Trinajstić information content (AvgIpc) is 2.44. The van der Waals surface area contributed by atoms with E-state index in [2.05, 4.69) is 9.97 Å². The molecule has 0 atom stereocenters. The number of nitrogens with one attached hydrogen (secondary N) is 1. The molecule has 0 spiro atoms. The van der Waals surface area contributed by atoms with E-state index >= 15 is 0 Å². The minimum absolute atomic E-state index is 0. The summed E-state index contributed by atoms with van der Waals surface area (Å²) in [5.74, 6) is 0. The molecule has 2 heterocycles. The number of aryl methyl sites for hydroxylation is 2. The maximum atomic E-state index is 11.3. The Bertz CT molecular complexity index is 591. The van der Waals surface area contributed by atoms with Crippen LogP contribution in [0.1, 0.15) is 2.85 Å². The van der Waals surface area contributed by atoms with Crippen LogP contribution in [0.25, 0.3) is 11.2 Å². The van der Waals surface area contributed by atoms with Crippen molar-refractivity contribution in [3.8, 4) is 0 Å². The van der Waals surface area contributed by atoms with Gasteiger partial charge in [-0.05, 0) is 0 Å². The van der Waals surface area contributed by atoms with Crippen LogP contribution in [0.2, 0.25) is 0 Å². The van der Waals surface area contributed by atoms with Gasteiger partial charge in [0.15, 0.2) is 11.2 Å². The largest absolute Gasteiger partial charge is 2.00 e. The van der Waals surface area contributed by atoms with Gasteiger partial charge >= 0.3 is 43.4 Å². The minimum Gasteiger partial charge on any atom is -1.00 e. The van der Waals surface area contributed by atoms with E-state index in [0.29, 0.717) is 11.2 Å². The van der Waals surface area contributed by atoms with Gasteiger partial charge in [-0.1, -0.05) is 0 Å². The number of hydrogen-bond acceptors (Lipinski definition) is 3. The van der Waals surface area contributed by atoms with E-state index in [4.69, 9.17) is 0 Å². The molecule has 0 aliphatic heterocycles. The Labute approximate surface area is 117 Å². The maximum absolute atomic E-state index is 11.3. The Kier molecular flexibility index (Phi) is 4.72. The summed E-state index contributed by atoms with van der Waals surface area (Å²) >= 11 is 0. The second-order valence-electron chi connectivity index (χ2n) is 2.85. The summed E-state index contributed by atoms with van der Waals surface area (Å²) < 4.78 is 2.88. The van der Waals surface area contributed by atoms with Crippen molar-refractivity contribution in [2.45, 2.75) is 0 Å². The van der Waals surface area contributed by atoms with Crippen LogP contribution in [0, 0.1) is 0 Å². The number of imidazole rings is 1. The first-order valence-corrected chi connectivity index (χ1v) is 3.71. The van der Waals surface area contributed by atoms with Gasteiger partial charge in [-0.2, -0.15) is 0 Å². The molecule has 3 N–H and O–H groups in total. The van der Waals surface area contributed by atoms with E-state index in [1.807, 2.05) is 0 Å². The Balaban J connectivity index is -0.000000490. The number of fused-ring (bicyclic) bond motifs is 1. The summed E-state index contributed by atoms with van der Waals surface area (Å²) in [7, 11) is 3.27. The molecule has 2 aromatic rings. The van der Waals surface area contributed by atoms with Gasteiger partial charge in [-0.15, -0.1) is 0 Å². The summed E-state index contributed by atoms with van der Waals surface area (Å²) in [6.07, 6.45) is 1.50. The molecular weight excluding hydrogens is 228 g/mol. The molecule has 0 unspecified atom stereocenters. The van der Waals surface area contributed by atoms with Gasteiger partial charge in [0, 0.05) is 14.1 Å². The third kappa shape index (κ3) is 2.15. The van der Waals surface area contributed by atoms with Gasteiger partial charge in [-0.25, -0.2) is 9.78 Å². The zero-order chi connectivity index (χ0) is 9.59. The quantitative estimate of drug-likeness (QED) is 0.537. The molecule has 0 saturated carbocycles. The van der Waals surface area contributed by atoms with Crippen molar-refractivity contribution in [3.63, 3.8) is 0 Å². The molecule has 0 aliphatic rings. The molecule has 8 heteroatoms. The van der Waals surface area contributed by atoms with Crippen molar-refractivity contribution in [2.24, 2.45) is 14.1 Å². The van der Waals surface area contributed by atoms with Crippen LogP contribution in [-0.2, 0) is 14.1 Å².